The molecule has 1 atom stereocenters. The summed E-state index contributed by atoms with van der Waals surface area (Å²) in [5.74, 6) is 0.657. The van der Waals surface area contributed by atoms with Crippen molar-refractivity contribution in [3.05, 3.63) is 53.6 Å². The third-order valence-corrected chi connectivity index (χ3v) is 4.50. The largest absolute Gasteiger partial charge is 0.508 e. The number of rotatable bonds is 2. The SMILES string of the molecule is C=CC[C@@]12CCC(=O)CC1=CCc1cc(O)ccc12. The molecule has 2 heteroatoms. The second-order valence-corrected chi connectivity index (χ2v) is 5.57. The normalized spacial score (nSPS) is 25.3. The second-order valence-electron chi connectivity index (χ2n) is 5.57. The quantitative estimate of drug-likeness (QED) is 0.821. The minimum Gasteiger partial charge on any atom is -0.508 e. The van der Waals surface area contributed by atoms with Gasteiger partial charge in [-0.25, -0.2) is 0 Å². The van der Waals surface area contributed by atoms with Crippen molar-refractivity contribution in [2.45, 2.75) is 37.5 Å². The van der Waals surface area contributed by atoms with E-state index in [-0.39, 0.29) is 5.41 Å². The number of Topliss-reactive ketones (excluding diaryl/α,β-unsaturated/α-hetero) is 1. The third-order valence-electron chi connectivity index (χ3n) is 4.50. The minimum absolute atomic E-state index is 0.0586. The van der Waals surface area contributed by atoms with Crippen molar-refractivity contribution in [1.82, 2.24) is 0 Å². The Bertz CT molecular complexity index is 583. The smallest absolute Gasteiger partial charge is 0.137 e. The Morgan fingerprint density at radius 1 is 1.42 bits per heavy atom. The van der Waals surface area contributed by atoms with Gasteiger partial charge in [-0.3, -0.25) is 4.79 Å². The molecule has 1 saturated carbocycles. The number of hydrogen-bond donors (Lipinski definition) is 1. The Hall–Kier alpha value is -1.83. The van der Waals surface area contributed by atoms with Crippen LogP contribution in [0.5, 0.6) is 5.75 Å². The number of hydrogen-bond acceptors (Lipinski definition) is 2. The van der Waals surface area contributed by atoms with Crippen molar-refractivity contribution in [1.29, 1.82) is 0 Å². The van der Waals surface area contributed by atoms with E-state index in [2.05, 4.69) is 12.7 Å². The predicted octanol–water partition coefficient (Wildman–Crippen LogP) is 3.44. The van der Waals surface area contributed by atoms with Crippen LogP contribution in [0.1, 0.15) is 36.8 Å². The number of carbonyl (C=O) groups excluding carboxylic acids is 1. The molecule has 1 fully saturated rings. The minimum atomic E-state index is -0.0586. The first kappa shape index (κ1) is 12.2. The molecule has 3 rings (SSSR count). The van der Waals surface area contributed by atoms with E-state index >= 15 is 0 Å². The summed E-state index contributed by atoms with van der Waals surface area (Å²) in [6.07, 6.45) is 7.89. The van der Waals surface area contributed by atoms with Crippen LogP contribution in [0, 0.1) is 0 Å². The van der Waals surface area contributed by atoms with Gasteiger partial charge in [-0.2, -0.15) is 0 Å². The summed E-state index contributed by atoms with van der Waals surface area (Å²) >= 11 is 0. The van der Waals surface area contributed by atoms with Gasteiger partial charge in [0.1, 0.15) is 11.5 Å². The molecule has 0 unspecified atom stereocenters. The molecule has 0 aliphatic heterocycles. The average molecular weight is 254 g/mol. The highest BCUT2D eigenvalue weighted by atomic mass is 16.3. The lowest BCUT2D eigenvalue weighted by atomic mass is 9.60. The maximum Gasteiger partial charge on any atom is 0.137 e. The number of benzene rings is 1. The Kier molecular flexibility index (Phi) is 2.81. The molecule has 98 valence electrons. The van der Waals surface area contributed by atoms with E-state index in [0.717, 1.165) is 19.3 Å². The van der Waals surface area contributed by atoms with Gasteiger partial charge in [-0.05, 0) is 42.5 Å². The lowest BCUT2D eigenvalue weighted by Crippen LogP contribution is -2.37. The van der Waals surface area contributed by atoms with Gasteiger partial charge in [0.15, 0.2) is 0 Å². The van der Waals surface area contributed by atoms with Gasteiger partial charge in [-0.1, -0.05) is 23.8 Å². The highest BCUT2D eigenvalue weighted by molar-refractivity contribution is 5.84. The molecule has 0 aromatic heterocycles. The van der Waals surface area contributed by atoms with Crippen LogP contribution in [0.2, 0.25) is 0 Å². The lowest BCUT2D eigenvalue weighted by molar-refractivity contribution is -0.119. The van der Waals surface area contributed by atoms with Gasteiger partial charge >= 0.3 is 0 Å². The fourth-order valence-corrected chi connectivity index (χ4v) is 3.60. The van der Waals surface area contributed by atoms with E-state index in [9.17, 15) is 9.90 Å². The van der Waals surface area contributed by atoms with Crippen LogP contribution in [0.4, 0.5) is 0 Å². The number of aromatic hydroxyl groups is 1. The number of fused-ring (bicyclic) bond motifs is 3. The van der Waals surface area contributed by atoms with Crippen molar-refractivity contribution >= 4 is 5.78 Å². The maximum absolute atomic E-state index is 11.7. The van der Waals surface area contributed by atoms with E-state index in [4.69, 9.17) is 0 Å². The van der Waals surface area contributed by atoms with Gasteiger partial charge in [0, 0.05) is 18.3 Å². The van der Waals surface area contributed by atoms with Crippen LogP contribution in [0.3, 0.4) is 0 Å². The summed E-state index contributed by atoms with van der Waals surface area (Å²) in [5, 5.41) is 9.65. The number of allylic oxidation sites excluding steroid dienone is 3. The van der Waals surface area contributed by atoms with Crippen LogP contribution in [0.25, 0.3) is 0 Å². The van der Waals surface area contributed by atoms with E-state index < -0.39 is 0 Å². The molecule has 2 aliphatic carbocycles. The Balaban J connectivity index is 2.15. The number of phenolic OH excluding ortho intramolecular Hbond substituents is 1. The van der Waals surface area contributed by atoms with E-state index in [1.807, 2.05) is 18.2 Å². The van der Waals surface area contributed by atoms with Crippen LogP contribution >= 0.6 is 0 Å². The zero-order chi connectivity index (χ0) is 13.5. The average Bonchev–Trinajstić information content (AvgIpc) is 2.39. The second kappa shape index (κ2) is 4.37. The molecular weight excluding hydrogens is 236 g/mol. The van der Waals surface area contributed by atoms with Crippen LogP contribution in [-0.2, 0) is 16.6 Å². The van der Waals surface area contributed by atoms with Crippen molar-refractivity contribution in [3.8, 4) is 5.75 Å². The molecule has 2 nitrogen and oxygen atoms in total. The Morgan fingerprint density at radius 3 is 3.05 bits per heavy atom. The molecule has 0 radical (unpaired) electrons. The topological polar surface area (TPSA) is 37.3 Å². The van der Waals surface area contributed by atoms with E-state index in [1.54, 1.807) is 6.07 Å². The molecular formula is C17H18O2. The zero-order valence-electron chi connectivity index (χ0n) is 11.0. The molecule has 0 heterocycles. The van der Waals surface area contributed by atoms with Gasteiger partial charge in [-0.15, -0.1) is 6.58 Å². The lowest BCUT2D eigenvalue weighted by Gasteiger charge is -2.43. The zero-order valence-corrected chi connectivity index (χ0v) is 11.0. The highest BCUT2D eigenvalue weighted by Crippen LogP contribution is 2.49. The van der Waals surface area contributed by atoms with Gasteiger partial charge in [0.2, 0.25) is 0 Å². The first-order valence-electron chi connectivity index (χ1n) is 6.80. The third kappa shape index (κ3) is 1.83. The molecule has 1 aromatic carbocycles. The maximum atomic E-state index is 11.7. The van der Waals surface area contributed by atoms with Crippen molar-refractivity contribution in [2.75, 3.05) is 0 Å². The monoisotopic (exact) mass is 254 g/mol. The highest BCUT2D eigenvalue weighted by Gasteiger charge is 2.42. The van der Waals surface area contributed by atoms with E-state index in [1.165, 1.54) is 16.7 Å². The number of phenols is 1. The predicted molar refractivity (Wildman–Crippen MR) is 75.2 cm³/mol. The summed E-state index contributed by atoms with van der Waals surface area (Å²) in [7, 11) is 0. The summed E-state index contributed by atoms with van der Waals surface area (Å²) in [6.45, 7) is 3.89. The molecule has 1 aromatic rings. The molecule has 0 amide bonds. The first-order valence-corrected chi connectivity index (χ1v) is 6.80. The Morgan fingerprint density at radius 2 is 2.26 bits per heavy atom. The van der Waals surface area contributed by atoms with Gasteiger partial charge in [0.05, 0.1) is 0 Å². The first-order chi connectivity index (χ1) is 9.15. The van der Waals surface area contributed by atoms with Crippen molar-refractivity contribution < 1.29 is 9.90 Å². The number of ketones is 1. The van der Waals surface area contributed by atoms with Gasteiger partial charge < -0.3 is 5.11 Å². The molecule has 0 spiro atoms. The summed E-state index contributed by atoms with van der Waals surface area (Å²) in [5.41, 5.74) is 3.65. The number of carbonyl (C=O) groups is 1. The van der Waals surface area contributed by atoms with Crippen LogP contribution in [-0.4, -0.2) is 10.9 Å². The fraction of sp³-hybridized carbons (Fsp3) is 0.353. The molecule has 2 aliphatic rings. The summed E-state index contributed by atoms with van der Waals surface area (Å²) in [4.78, 5) is 11.7. The molecule has 1 N–H and O–H groups in total. The summed E-state index contributed by atoms with van der Waals surface area (Å²) in [6, 6.07) is 5.63. The van der Waals surface area contributed by atoms with Crippen LogP contribution in [0.15, 0.2) is 42.5 Å². The molecule has 19 heavy (non-hydrogen) atoms. The van der Waals surface area contributed by atoms with Crippen LogP contribution < -0.4 is 0 Å². The van der Waals surface area contributed by atoms with E-state index in [0.29, 0.717) is 24.4 Å². The molecule has 0 bridgehead atoms. The Labute approximate surface area is 113 Å². The summed E-state index contributed by atoms with van der Waals surface area (Å²) < 4.78 is 0. The standard InChI is InChI=1S/C17H18O2/c1-2-8-17-9-7-15(19)11-13(17)4-3-12-10-14(18)5-6-16(12)17/h2,4-6,10,18H,1,3,7-9,11H2/t17-/m1/s1. The fourth-order valence-electron chi connectivity index (χ4n) is 3.60. The van der Waals surface area contributed by atoms with Gasteiger partial charge in [0.25, 0.3) is 0 Å². The van der Waals surface area contributed by atoms with Crippen molar-refractivity contribution in [3.63, 3.8) is 0 Å². The molecule has 0 saturated heterocycles. The van der Waals surface area contributed by atoms with Crippen molar-refractivity contribution in [2.24, 2.45) is 0 Å².